The summed E-state index contributed by atoms with van der Waals surface area (Å²) >= 11 is 2.94. The van der Waals surface area contributed by atoms with Crippen LogP contribution in [0.4, 0.5) is 0 Å². The second kappa shape index (κ2) is 9.97. The normalized spacial score (nSPS) is 15.4. The molecule has 1 aliphatic heterocycles. The van der Waals surface area contributed by atoms with Gasteiger partial charge in [0.25, 0.3) is 5.56 Å². The van der Waals surface area contributed by atoms with Crippen molar-refractivity contribution in [2.75, 3.05) is 26.3 Å². The molecule has 0 N–H and O–H groups in total. The average Bonchev–Trinajstić information content (AvgIpc) is 3.23. The van der Waals surface area contributed by atoms with Gasteiger partial charge in [-0.15, -0.1) is 11.3 Å². The molecule has 2 aromatic heterocycles. The number of thioether (sulfide) groups is 1. The first-order chi connectivity index (χ1) is 15.1. The van der Waals surface area contributed by atoms with Crippen LogP contribution in [0.15, 0.2) is 46.3 Å². The van der Waals surface area contributed by atoms with Crippen molar-refractivity contribution in [2.24, 2.45) is 0 Å². The Hall–Kier alpha value is -2.16. The molecule has 3 heterocycles. The van der Waals surface area contributed by atoms with Gasteiger partial charge in [-0.3, -0.25) is 14.2 Å². The average molecular weight is 458 g/mol. The molecule has 0 saturated carbocycles. The maximum Gasteiger partial charge on any atom is 0.262 e. The van der Waals surface area contributed by atoms with E-state index in [0.29, 0.717) is 43.4 Å². The Morgan fingerprint density at radius 1 is 1.26 bits per heavy atom. The molecule has 1 aromatic carbocycles. The topological polar surface area (TPSA) is 64.4 Å². The number of fused-ring (bicyclic) bond motifs is 1. The zero-order valence-electron chi connectivity index (χ0n) is 17.9. The number of hydrogen-bond donors (Lipinski definition) is 0. The number of carbonyl (C=O) groups is 1. The molecule has 3 aromatic rings. The van der Waals surface area contributed by atoms with Crippen molar-refractivity contribution in [3.63, 3.8) is 0 Å². The number of nitrogens with zero attached hydrogens (tertiary/aromatic N) is 3. The first-order valence-electron chi connectivity index (χ1n) is 10.7. The Labute approximate surface area is 190 Å². The van der Waals surface area contributed by atoms with Crippen molar-refractivity contribution in [2.45, 2.75) is 43.6 Å². The monoisotopic (exact) mass is 457 g/mol. The zero-order valence-corrected chi connectivity index (χ0v) is 19.5. The van der Waals surface area contributed by atoms with E-state index in [1.807, 2.05) is 36.1 Å². The van der Waals surface area contributed by atoms with E-state index in [1.165, 1.54) is 17.3 Å². The van der Waals surface area contributed by atoms with E-state index >= 15 is 0 Å². The molecule has 1 fully saturated rings. The number of ether oxygens (including phenoxy) is 1. The van der Waals surface area contributed by atoms with Crippen LogP contribution in [0.25, 0.3) is 10.2 Å². The number of benzene rings is 1. The minimum Gasteiger partial charge on any atom is -0.378 e. The van der Waals surface area contributed by atoms with Gasteiger partial charge in [0.05, 0.1) is 23.8 Å². The number of rotatable bonds is 7. The smallest absolute Gasteiger partial charge is 0.262 e. The first-order valence-corrected chi connectivity index (χ1v) is 12.4. The zero-order chi connectivity index (χ0) is 21.8. The number of hydrogen-bond acceptors (Lipinski definition) is 6. The molecule has 31 heavy (non-hydrogen) atoms. The van der Waals surface area contributed by atoms with Crippen LogP contribution in [-0.4, -0.2) is 51.9 Å². The highest BCUT2D eigenvalue weighted by atomic mass is 32.2. The van der Waals surface area contributed by atoms with Crippen molar-refractivity contribution in [3.8, 4) is 0 Å². The third kappa shape index (κ3) is 5.02. The Balaban J connectivity index is 1.64. The van der Waals surface area contributed by atoms with Crippen molar-refractivity contribution >= 4 is 39.2 Å². The largest absolute Gasteiger partial charge is 0.378 e. The molecule has 4 rings (SSSR count). The standard InChI is InChI=1S/C23H27N3O3S2/c1-3-18-15-19-20(31-18)24-23(30-16(2)21(27)25-11-13-29-14-12-25)26(22(19)28)10-9-17-7-5-4-6-8-17/h4-8,15-16H,3,9-14H2,1-2H3. The molecule has 164 valence electrons. The second-order valence-electron chi connectivity index (χ2n) is 7.57. The number of morpholine rings is 1. The van der Waals surface area contributed by atoms with Gasteiger partial charge in [-0.05, 0) is 31.4 Å². The molecule has 1 saturated heterocycles. The predicted octanol–water partition coefficient (Wildman–Crippen LogP) is 3.60. The fourth-order valence-corrected chi connectivity index (χ4v) is 5.67. The van der Waals surface area contributed by atoms with E-state index in [-0.39, 0.29) is 16.7 Å². The highest BCUT2D eigenvalue weighted by Gasteiger charge is 2.25. The Kier molecular flexibility index (Phi) is 7.09. The Bertz CT molecular complexity index is 1100. The molecule has 0 radical (unpaired) electrons. The third-order valence-electron chi connectivity index (χ3n) is 5.44. The summed E-state index contributed by atoms with van der Waals surface area (Å²) in [5, 5.41) is 0.967. The van der Waals surface area contributed by atoms with Gasteiger partial charge < -0.3 is 9.64 Å². The predicted molar refractivity (Wildman–Crippen MR) is 126 cm³/mol. The van der Waals surface area contributed by atoms with Crippen LogP contribution in [0.2, 0.25) is 0 Å². The van der Waals surface area contributed by atoms with Gasteiger partial charge in [-0.25, -0.2) is 4.98 Å². The van der Waals surface area contributed by atoms with E-state index in [0.717, 1.165) is 22.5 Å². The number of aryl methyl sites for hydroxylation is 2. The lowest BCUT2D eigenvalue weighted by Gasteiger charge is -2.29. The van der Waals surface area contributed by atoms with Gasteiger partial charge in [0.2, 0.25) is 5.91 Å². The summed E-state index contributed by atoms with van der Waals surface area (Å²) in [6.45, 7) is 6.88. The van der Waals surface area contributed by atoms with Crippen LogP contribution < -0.4 is 5.56 Å². The molecular weight excluding hydrogens is 430 g/mol. The second-order valence-corrected chi connectivity index (χ2v) is 9.99. The Morgan fingerprint density at radius 3 is 2.71 bits per heavy atom. The van der Waals surface area contributed by atoms with E-state index in [9.17, 15) is 9.59 Å². The molecule has 0 aliphatic carbocycles. The molecule has 8 heteroatoms. The maximum atomic E-state index is 13.4. The van der Waals surface area contributed by atoms with Crippen LogP contribution >= 0.6 is 23.1 Å². The number of thiophene rings is 1. The fraction of sp³-hybridized carbons (Fsp3) is 0.435. The van der Waals surface area contributed by atoms with Crippen molar-refractivity contribution in [1.29, 1.82) is 0 Å². The SMILES string of the molecule is CCc1cc2c(=O)n(CCc3ccccc3)c(SC(C)C(=O)N3CCOCC3)nc2s1. The maximum absolute atomic E-state index is 13.4. The summed E-state index contributed by atoms with van der Waals surface area (Å²) in [6.07, 6.45) is 1.61. The lowest BCUT2D eigenvalue weighted by Crippen LogP contribution is -2.44. The van der Waals surface area contributed by atoms with E-state index in [4.69, 9.17) is 9.72 Å². The molecule has 6 nitrogen and oxygen atoms in total. The minimum atomic E-state index is -0.323. The van der Waals surface area contributed by atoms with Crippen LogP contribution in [-0.2, 0) is 28.9 Å². The lowest BCUT2D eigenvalue weighted by atomic mass is 10.1. The first kappa shape index (κ1) is 22.0. The van der Waals surface area contributed by atoms with Gasteiger partial charge in [0, 0.05) is 24.5 Å². The van der Waals surface area contributed by atoms with Crippen LogP contribution in [0.1, 0.15) is 24.3 Å². The molecule has 1 amide bonds. The van der Waals surface area contributed by atoms with Gasteiger partial charge in [0.1, 0.15) is 4.83 Å². The summed E-state index contributed by atoms with van der Waals surface area (Å²) < 4.78 is 7.11. The van der Waals surface area contributed by atoms with Crippen LogP contribution in [0, 0.1) is 0 Å². The highest BCUT2D eigenvalue weighted by Crippen LogP contribution is 2.28. The molecule has 0 spiro atoms. The van der Waals surface area contributed by atoms with Crippen LogP contribution in [0.5, 0.6) is 0 Å². The van der Waals surface area contributed by atoms with Crippen molar-refractivity contribution in [1.82, 2.24) is 14.5 Å². The quantitative estimate of drug-likeness (QED) is 0.401. The van der Waals surface area contributed by atoms with Gasteiger partial charge in [0.15, 0.2) is 5.16 Å². The highest BCUT2D eigenvalue weighted by molar-refractivity contribution is 8.00. The summed E-state index contributed by atoms with van der Waals surface area (Å²) in [4.78, 5) is 34.9. The molecule has 1 aliphatic rings. The summed E-state index contributed by atoms with van der Waals surface area (Å²) in [5.41, 5.74) is 1.15. The van der Waals surface area contributed by atoms with Crippen molar-refractivity contribution < 1.29 is 9.53 Å². The number of carbonyl (C=O) groups excluding carboxylic acids is 1. The van der Waals surface area contributed by atoms with Gasteiger partial charge in [-0.2, -0.15) is 0 Å². The van der Waals surface area contributed by atoms with E-state index < -0.39 is 0 Å². The van der Waals surface area contributed by atoms with Gasteiger partial charge >= 0.3 is 0 Å². The number of amides is 1. The third-order valence-corrected chi connectivity index (χ3v) is 7.69. The van der Waals surface area contributed by atoms with E-state index in [1.54, 1.807) is 15.9 Å². The summed E-state index contributed by atoms with van der Waals surface area (Å²) in [6, 6.07) is 12.1. The molecule has 1 atom stereocenters. The Morgan fingerprint density at radius 2 is 2.00 bits per heavy atom. The molecular formula is C23H27N3O3S2. The molecule has 0 bridgehead atoms. The number of aromatic nitrogens is 2. The fourth-order valence-electron chi connectivity index (χ4n) is 3.64. The molecule has 1 unspecified atom stereocenters. The lowest BCUT2D eigenvalue weighted by molar-refractivity contribution is -0.134. The minimum absolute atomic E-state index is 0.0228. The van der Waals surface area contributed by atoms with Crippen molar-refractivity contribution in [3.05, 3.63) is 57.2 Å². The summed E-state index contributed by atoms with van der Waals surface area (Å²) in [5.74, 6) is 0.0673. The van der Waals surface area contributed by atoms with Gasteiger partial charge in [-0.1, -0.05) is 49.0 Å². The van der Waals surface area contributed by atoms with Crippen LogP contribution in [0.3, 0.4) is 0 Å². The van der Waals surface area contributed by atoms with E-state index in [2.05, 4.69) is 19.1 Å². The summed E-state index contributed by atoms with van der Waals surface area (Å²) in [7, 11) is 0.